The third kappa shape index (κ3) is 8.26. The number of nitrogens with one attached hydrogen (secondary N) is 1. The third-order valence-corrected chi connectivity index (χ3v) is 13.2. The number of aromatic nitrogens is 2. The molecule has 302 valence electrons. The second-order valence-corrected chi connectivity index (χ2v) is 17.2. The molecular formula is C45H49ClN6O5S. The number of hydrogen-bond donors (Lipinski definition) is 1. The minimum absolute atomic E-state index is 0.00403. The second kappa shape index (κ2) is 17.6. The Bertz CT molecular complexity index is 2440. The Morgan fingerprint density at radius 3 is 2.26 bits per heavy atom. The molecule has 0 radical (unpaired) electrons. The minimum Gasteiger partial charge on any atom is -0.384 e. The molecule has 11 nitrogen and oxygen atoms in total. The summed E-state index contributed by atoms with van der Waals surface area (Å²) in [6, 6.07) is 26.3. The van der Waals surface area contributed by atoms with E-state index in [1.54, 1.807) is 59.2 Å². The number of unbranched alkanes of at least 4 members (excludes halogenated alkanes) is 2. The van der Waals surface area contributed by atoms with Gasteiger partial charge in [-0.05, 0) is 91.3 Å². The van der Waals surface area contributed by atoms with Crippen molar-refractivity contribution in [3.8, 4) is 5.69 Å². The van der Waals surface area contributed by atoms with E-state index in [1.807, 2.05) is 24.3 Å². The van der Waals surface area contributed by atoms with Gasteiger partial charge < -0.3 is 15.1 Å². The lowest BCUT2D eigenvalue weighted by Crippen LogP contribution is -2.38. The second-order valence-electron chi connectivity index (χ2n) is 14.9. The molecule has 0 bridgehead atoms. The van der Waals surface area contributed by atoms with E-state index in [0.717, 1.165) is 52.4 Å². The normalized spacial score (nSPS) is 13.4. The van der Waals surface area contributed by atoms with Crippen LogP contribution in [-0.4, -0.2) is 76.2 Å². The molecule has 1 N–H and O–H groups in total. The largest absolute Gasteiger partial charge is 0.384 e. The molecule has 3 amide bonds. The average Bonchev–Trinajstić information content (AvgIpc) is 3.85. The maximum Gasteiger partial charge on any atom is 0.275 e. The van der Waals surface area contributed by atoms with Gasteiger partial charge in [0.15, 0.2) is 5.69 Å². The first-order valence-electron chi connectivity index (χ1n) is 20.0. The molecule has 7 rings (SSSR count). The summed E-state index contributed by atoms with van der Waals surface area (Å²) >= 11 is 6.89. The molecular weight excluding hydrogens is 772 g/mol. The van der Waals surface area contributed by atoms with E-state index in [9.17, 15) is 22.8 Å². The molecule has 0 unspecified atom stereocenters. The molecule has 0 saturated carbocycles. The van der Waals surface area contributed by atoms with Crippen LogP contribution in [0.5, 0.6) is 0 Å². The van der Waals surface area contributed by atoms with Crippen molar-refractivity contribution in [3.05, 3.63) is 141 Å². The zero-order chi connectivity index (χ0) is 41.0. The Hall–Kier alpha value is -5.46. The highest BCUT2D eigenvalue weighted by molar-refractivity contribution is 7.89. The number of carbonyl (C=O) groups excluding carboxylic acids is 3. The first-order chi connectivity index (χ1) is 28.0. The Morgan fingerprint density at radius 2 is 1.53 bits per heavy atom. The Balaban J connectivity index is 1.32. The fourth-order valence-corrected chi connectivity index (χ4v) is 9.24. The van der Waals surface area contributed by atoms with Crippen molar-refractivity contribution in [1.82, 2.24) is 23.9 Å². The van der Waals surface area contributed by atoms with Gasteiger partial charge in [-0.25, -0.2) is 17.4 Å². The van der Waals surface area contributed by atoms with Crippen LogP contribution in [0.3, 0.4) is 0 Å². The fourth-order valence-electron chi connectivity index (χ4n) is 7.61. The number of carbonyl (C=O) groups is 3. The number of halogens is 1. The van der Waals surface area contributed by atoms with Gasteiger partial charge in [0, 0.05) is 44.0 Å². The quantitative estimate of drug-likeness (QED) is 0.120. The van der Waals surface area contributed by atoms with Gasteiger partial charge in [-0.15, -0.1) is 0 Å². The molecule has 2 aliphatic heterocycles. The lowest BCUT2D eigenvalue weighted by molar-refractivity contribution is 0.0732. The molecule has 4 aromatic carbocycles. The monoisotopic (exact) mass is 820 g/mol. The van der Waals surface area contributed by atoms with Crippen LogP contribution < -0.4 is 5.32 Å². The molecule has 3 heterocycles. The molecule has 0 fully saturated rings. The van der Waals surface area contributed by atoms with Crippen LogP contribution in [0.4, 0.5) is 5.69 Å². The van der Waals surface area contributed by atoms with Crippen molar-refractivity contribution in [2.45, 2.75) is 77.3 Å². The van der Waals surface area contributed by atoms with Gasteiger partial charge in [-0.2, -0.15) is 5.10 Å². The first kappa shape index (κ1) is 40.7. The summed E-state index contributed by atoms with van der Waals surface area (Å²) in [5.41, 5.74) is 5.51. The fraction of sp³-hybridized carbons (Fsp3) is 0.333. The molecule has 0 aliphatic carbocycles. The van der Waals surface area contributed by atoms with Gasteiger partial charge in [-0.3, -0.25) is 14.4 Å². The van der Waals surface area contributed by atoms with E-state index in [2.05, 4.69) is 25.2 Å². The molecule has 0 spiro atoms. The maximum atomic E-state index is 14.8. The molecule has 1 aromatic heterocycles. The number of nitrogens with zero attached hydrogens (tertiary/aromatic N) is 5. The molecule has 0 atom stereocenters. The number of fused-ring (bicyclic) bond motifs is 2. The number of hydrogen-bond acceptors (Lipinski definition) is 7. The number of anilines is 1. The molecule has 58 heavy (non-hydrogen) atoms. The molecule has 5 aromatic rings. The van der Waals surface area contributed by atoms with Crippen LogP contribution in [0, 0.1) is 6.92 Å². The summed E-state index contributed by atoms with van der Waals surface area (Å²) in [6.07, 6.45) is 4.82. The van der Waals surface area contributed by atoms with Gasteiger partial charge >= 0.3 is 0 Å². The van der Waals surface area contributed by atoms with Crippen molar-refractivity contribution in [1.29, 1.82) is 0 Å². The predicted molar refractivity (Wildman–Crippen MR) is 226 cm³/mol. The average molecular weight is 821 g/mol. The van der Waals surface area contributed by atoms with Gasteiger partial charge in [-0.1, -0.05) is 92.9 Å². The SMILES string of the molecule is CCCCN(CCCC)C(=O)c1nn(-c2ccc(C(=O)N(Cc3ccccc3)S(=O)(=O)c3ccc4c(c3)CCN4)cc2C(=O)N2CCc3ccccc3C2)c(C)c1Cl. The van der Waals surface area contributed by atoms with Crippen molar-refractivity contribution >= 4 is 45.0 Å². The van der Waals surface area contributed by atoms with Gasteiger partial charge in [0.1, 0.15) is 0 Å². The smallest absolute Gasteiger partial charge is 0.275 e. The van der Waals surface area contributed by atoms with E-state index in [1.165, 1.54) is 22.9 Å². The van der Waals surface area contributed by atoms with Gasteiger partial charge in [0.25, 0.3) is 27.7 Å². The van der Waals surface area contributed by atoms with Crippen LogP contribution in [0.25, 0.3) is 5.69 Å². The number of amides is 3. The van der Waals surface area contributed by atoms with Crippen LogP contribution in [0.2, 0.25) is 5.02 Å². The van der Waals surface area contributed by atoms with E-state index in [-0.39, 0.29) is 45.1 Å². The standard InChI is InChI=1S/C45H49ClN6O5S/c1-4-6-24-49(25-7-5-2)45(55)42-41(46)31(3)52(48-42)40-20-17-35(28-38(40)44(54)50-26-22-33-15-11-12-16-36(33)30-50)43(53)51(29-32-13-9-8-10-14-32)58(56,57)37-18-19-39-34(27-37)21-23-47-39/h8-20,27-28,47H,4-7,21-26,29-30H2,1-3H3. The Kier molecular flexibility index (Phi) is 12.3. The van der Waals surface area contributed by atoms with Crippen LogP contribution in [0.1, 0.15) is 98.7 Å². The molecule has 0 saturated heterocycles. The molecule has 13 heteroatoms. The van der Waals surface area contributed by atoms with E-state index in [4.69, 9.17) is 16.7 Å². The predicted octanol–water partition coefficient (Wildman–Crippen LogP) is 8.07. The summed E-state index contributed by atoms with van der Waals surface area (Å²) in [5, 5.41) is 8.17. The van der Waals surface area contributed by atoms with Crippen LogP contribution >= 0.6 is 11.6 Å². The first-order valence-corrected chi connectivity index (χ1v) is 21.9. The van der Waals surface area contributed by atoms with Crippen molar-refractivity contribution in [2.75, 3.05) is 31.5 Å². The summed E-state index contributed by atoms with van der Waals surface area (Å²) in [4.78, 5) is 47.0. The topological polar surface area (TPSA) is 125 Å². The lowest BCUT2D eigenvalue weighted by atomic mass is 9.98. The number of rotatable bonds is 14. The van der Waals surface area contributed by atoms with E-state index < -0.39 is 15.9 Å². The summed E-state index contributed by atoms with van der Waals surface area (Å²) in [5.74, 6) is -1.44. The Labute approximate surface area is 345 Å². The lowest BCUT2D eigenvalue weighted by Gasteiger charge is -2.30. The van der Waals surface area contributed by atoms with Gasteiger partial charge in [0.05, 0.1) is 33.4 Å². The van der Waals surface area contributed by atoms with Gasteiger partial charge in [0.2, 0.25) is 0 Å². The van der Waals surface area contributed by atoms with E-state index in [0.29, 0.717) is 62.5 Å². The number of benzene rings is 4. The van der Waals surface area contributed by atoms with Crippen LogP contribution in [-0.2, 0) is 36.0 Å². The highest BCUT2D eigenvalue weighted by Crippen LogP contribution is 2.32. The summed E-state index contributed by atoms with van der Waals surface area (Å²) in [6.45, 7) is 8.27. The summed E-state index contributed by atoms with van der Waals surface area (Å²) in [7, 11) is -4.37. The minimum atomic E-state index is -4.37. The number of sulfonamides is 1. The Morgan fingerprint density at radius 1 is 0.828 bits per heavy atom. The third-order valence-electron chi connectivity index (χ3n) is 11.0. The summed E-state index contributed by atoms with van der Waals surface area (Å²) < 4.78 is 31.4. The highest BCUT2D eigenvalue weighted by atomic mass is 35.5. The maximum absolute atomic E-state index is 14.8. The van der Waals surface area contributed by atoms with Crippen molar-refractivity contribution in [3.63, 3.8) is 0 Å². The zero-order valence-corrected chi connectivity index (χ0v) is 34.8. The van der Waals surface area contributed by atoms with Crippen molar-refractivity contribution in [2.24, 2.45) is 0 Å². The van der Waals surface area contributed by atoms with Crippen LogP contribution in [0.15, 0.2) is 95.9 Å². The van der Waals surface area contributed by atoms with Crippen molar-refractivity contribution < 1.29 is 22.8 Å². The highest BCUT2D eigenvalue weighted by Gasteiger charge is 2.34. The van der Waals surface area contributed by atoms with E-state index >= 15 is 0 Å². The zero-order valence-electron chi connectivity index (χ0n) is 33.2. The molecule has 2 aliphatic rings.